The van der Waals surface area contributed by atoms with E-state index in [1.54, 1.807) is 25.3 Å². The molecule has 1 aromatic rings. The van der Waals surface area contributed by atoms with Gasteiger partial charge in [0.25, 0.3) is 0 Å². The first kappa shape index (κ1) is 18.1. The second-order valence-electron chi connectivity index (χ2n) is 5.46. The quantitative estimate of drug-likeness (QED) is 0.761. The van der Waals surface area contributed by atoms with Crippen molar-refractivity contribution in [3.8, 4) is 11.5 Å². The summed E-state index contributed by atoms with van der Waals surface area (Å²) in [6, 6.07) is 4.72. The van der Waals surface area contributed by atoms with Gasteiger partial charge in [-0.3, -0.25) is 9.59 Å². The van der Waals surface area contributed by atoms with Gasteiger partial charge in [0.05, 0.1) is 33.8 Å². The van der Waals surface area contributed by atoms with Gasteiger partial charge in [-0.1, -0.05) is 6.07 Å². The van der Waals surface area contributed by atoms with Crippen molar-refractivity contribution >= 4 is 11.9 Å². The van der Waals surface area contributed by atoms with E-state index in [1.807, 2.05) is 0 Å². The van der Waals surface area contributed by atoms with Crippen LogP contribution in [0, 0.1) is 0 Å². The number of rotatable bonds is 7. The van der Waals surface area contributed by atoms with Gasteiger partial charge >= 0.3 is 5.97 Å². The van der Waals surface area contributed by atoms with Crippen molar-refractivity contribution in [1.82, 2.24) is 5.32 Å². The molecule has 1 N–H and O–H groups in total. The fourth-order valence-electron chi connectivity index (χ4n) is 2.62. The maximum Gasteiger partial charge on any atom is 0.307 e. The van der Waals surface area contributed by atoms with Crippen molar-refractivity contribution in [2.45, 2.75) is 31.4 Å². The maximum absolute atomic E-state index is 12.3. The van der Waals surface area contributed by atoms with Crippen LogP contribution >= 0.6 is 0 Å². The van der Waals surface area contributed by atoms with Crippen LogP contribution in [-0.2, 0) is 19.1 Å². The molecule has 0 radical (unpaired) electrons. The zero-order chi connectivity index (χ0) is 17.5. The Morgan fingerprint density at radius 1 is 1.25 bits per heavy atom. The number of amides is 1. The molecular weight excluding hydrogens is 314 g/mol. The van der Waals surface area contributed by atoms with Crippen LogP contribution < -0.4 is 14.8 Å². The van der Waals surface area contributed by atoms with Crippen molar-refractivity contribution in [3.05, 3.63) is 23.8 Å². The van der Waals surface area contributed by atoms with Gasteiger partial charge in [-0.05, 0) is 30.5 Å². The summed E-state index contributed by atoms with van der Waals surface area (Å²) < 4.78 is 20.6. The van der Waals surface area contributed by atoms with Crippen LogP contribution in [0.1, 0.15) is 30.9 Å². The summed E-state index contributed by atoms with van der Waals surface area (Å²) in [5.41, 5.74) is 0.726. The molecule has 0 aromatic heterocycles. The molecule has 1 amide bonds. The normalized spacial score (nSPS) is 17.9. The van der Waals surface area contributed by atoms with Gasteiger partial charge in [0.2, 0.25) is 5.91 Å². The highest BCUT2D eigenvalue weighted by molar-refractivity contribution is 5.82. The SMILES string of the molecule is COC(=O)C[C@@H](NC(=O)[C@@H]1CCCO1)c1ccc(OC)c(OC)c1. The van der Waals surface area contributed by atoms with E-state index in [0.29, 0.717) is 24.5 Å². The van der Waals surface area contributed by atoms with Gasteiger partial charge in [0.15, 0.2) is 11.5 Å². The van der Waals surface area contributed by atoms with E-state index in [9.17, 15) is 9.59 Å². The van der Waals surface area contributed by atoms with E-state index in [2.05, 4.69) is 5.32 Å². The Bertz CT molecular complexity index is 582. The standard InChI is InChI=1S/C17H23NO6/c1-21-13-7-6-11(9-15(13)22-2)12(10-16(19)23-3)18-17(20)14-5-4-8-24-14/h6-7,9,12,14H,4-5,8,10H2,1-3H3,(H,18,20)/t12-,14+/m1/s1. The van der Waals surface area contributed by atoms with Crippen molar-refractivity contribution in [3.63, 3.8) is 0 Å². The minimum atomic E-state index is -0.533. The zero-order valence-electron chi connectivity index (χ0n) is 14.2. The lowest BCUT2D eigenvalue weighted by molar-refractivity contribution is -0.141. The van der Waals surface area contributed by atoms with E-state index < -0.39 is 18.1 Å². The predicted octanol–water partition coefficient (Wildman–Crippen LogP) is 1.60. The molecule has 7 heteroatoms. The lowest BCUT2D eigenvalue weighted by Crippen LogP contribution is -2.37. The van der Waals surface area contributed by atoms with Crippen LogP contribution in [0.3, 0.4) is 0 Å². The molecule has 1 aliphatic heterocycles. The van der Waals surface area contributed by atoms with Gasteiger partial charge in [-0.15, -0.1) is 0 Å². The third-order valence-electron chi connectivity index (χ3n) is 3.95. The molecule has 1 heterocycles. The van der Waals surface area contributed by atoms with Crippen LogP contribution in [-0.4, -0.2) is 45.9 Å². The topological polar surface area (TPSA) is 83.1 Å². The number of nitrogens with one attached hydrogen (secondary N) is 1. The Morgan fingerprint density at radius 2 is 2.00 bits per heavy atom. The van der Waals surface area contributed by atoms with Gasteiger partial charge in [-0.25, -0.2) is 0 Å². The van der Waals surface area contributed by atoms with E-state index in [1.165, 1.54) is 14.2 Å². The molecule has 1 saturated heterocycles. The first-order chi connectivity index (χ1) is 11.6. The van der Waals surface area contributed by atoms with Crippen molar-refractivity contribution in [1.29, 1.82) is 0 Å². The Hall–Kier alpha value is -2.28. The Labute approximate surface area is 141 Å². The Balaban J connectivity index is 2.21. The van der Waals surface area contributed by atoms with E-state index >= 15 is 0 Å². The fraction of sp³-hybridized carbons (Fsp3) is 0.529. The third kappa shape index (κ3) is 4.38. The van der Waals surface area contributed by atoms with Crippen LogP contribution in [0.25, 0.3) is 0 Å². The fourth-order valence-corrected chi connectivity index (χ4v) is 2.62. The van der Waals surface area contributed by atoms with E-state index in [0.717, 1.165) is 12.0 Å². The highest BCUT2D eigenvalue weighted by Crippen LogP contribution is 2.31. The highest BCUT2D eigenvalue weighted by atomic mass is 16.5. The number of carbonyl (C=O) groups is 2. The first-order valence-corrected chi connectivity index (χ1v) is 7.79. The second-order valence-corrected chi connectivity index (χ2v) is 5.46. The smallest absolute Gasteiger partial charge is 0.307 e. The largest absolute Gasteiger partial charge is 0.493 e. The lowest BCUT2D eigenvalue weighted by atomic mass is 10.0. The number of esters is 1. The highest BCUT2D eigenvalue weighted by Gasteiger charge is 2.27. The zero-order valence-corrected chi connectivity index (χ0v) is 14.2. The molecule has 2 rings (SSSR count). The molecular formula is C17H23NO6. The molecule has 7 nitrogen and oxygen atoms in total. The number of benzene rings is 1. The summed E-state index contributed by atoms with van der Waals surface area (Å²) in [4.78, 5) is 24.0. The second kappa shape index (κ2) is 8.54. The minimum Gasteiger partial charge on any atom is -0.493 e. The summed E-state index contributed by atoms with van der Waals surface area (Å²) in [5.74, 6) is 0.457. The maximum atomic E-state index is 12.3. The van der Waals surface area contributed by atoms with Crippen molar-refractivity contribution in [2.75, 3.05) is 27.9 Å². The molecule has 132 valence electrons. The van der Waals surface area contributed by atoms with Gasteiger partial charge in [-0.2, -0.15) is 0 Å². The Morgan fingerprint density at radius 3 is 2.58 bits per heavy atom. The molecule has 0 bridgehead atoms. The summed E-state index contributed by atoms with van der Waals surface area (Å²) in [5, 5.41) is 2.87. The van der Waals surface area contributed by atoms with E-state index in [-0.39, 0.29) is 12.3 Å². The molecule has 2 atom stereocenters. The molecule has 1 fully saturated rings. The molecule has 0 unspecified atom stereocenters. The number of ether oxygens (including phenoxy) is 4. The summed E-state index contributed by atoms with van der Waals surface area (Å²) in [6.45, 7) is 0.579. The third-order valence-corrected chi connectivity index (χ3v) is 3.95. The van der Waals surface area contributed by atoms with Crippen LogP contribution in [0.4, 0.5) is 0 Å². The van der Waals surface area contributed by atoms with Crippen molar-refractivity contribution in [2.24, 2.45) is 0 Å². The molecule has 1 aromatic carbocycles. The number of hydrogen-bond acceptors (Lipinski definition) is 6. The van der Waals surface area contributed by atoms with Gasteiger partial charge in [0, 0.05) is 6.61 Å². The van der Waals surface area contributed by atoms with Gasteiger partial charge in [0.1, 0.15) is 6.10 Å². The molecule has 0 spiro atoms. The van der Waals surface area contributed by atoms with Crippen LogP contribution in [0.15, 0.2) is 18.2 Å². The summed E-state index contributed by atoms with van der Waals surface area (Å²) in [7, 11) is 4.39. The number of methoxy groups -OCH3 is 3. The first-order valence-electron chi connectivity index (χ1n) is 7.79. The number of carbonyl (C=O) groups excluding carboxylic acids is 2. The predicted molar refractivity (Wildman–Crippen MR) is 86.0 cm³/mol. The van der Waals surface area contributed by atoms with Crippen molar-refractivity contribution < 1.29 is 28.5 Å². The molecule has 1 aliphatic rings. The van der Waals surface area contributed by atoms with Gasteiger partial charge < -0.3 is 24.3 Å². The average Bonchev–Trinajstić information content (AvgIpc) is 3.15. The Kier molecular flexibility index (Phi) is 6.43. The lowest BCUT2D eigenvalue weighted by Gasteiger charge is -2.21. The minimum absolute atomic E-state index is 0.0183. The van der Waals surface area contributed by atoms with Crippen LogP contribution in [0.2, 0.25) is 0 Å². The summed E-state index contributed by atoms with van der Waals surface area (Å²) >= 11 is 0. The van der Waals surface area contributed by atoms with E-state index in [4.69, 9.17) is 18.9 Å². The molecule has 24 heavy (non-hydrogen) atoms. The monoisotopic (exact) mass is 337 g/mol. The molecule has 0 aliphatic carbocycles. The average molecular weight is 337 g/mol. The number of hydrogen-bond donors (Lipinski definition) is 1. The molecule has 0 saturated carbocycles. The summed E-state index contributed by atoms with van der Waals surface area (Å²) in [6.07, 6.45) is 1.09. The van der Waals surface area contributed by atoms with Crippen LogP contribution in [0.5, 0.6) is 11.5 Å².